The Hall–Kier alpha value is -0.610. The quantitative estimate of drug-likeness (QED) is 0.836. The van der Waals surface area contributed by atoms with Gasteiger partial charge in [0.2, 0.25) is 0 Å². The van der Waals surface area contributed by atoms with Crippen LogP contribution in [-0.2, 0) is 12.0 Å². The Labute approximate surface area is 133 Å². The molecule has 0 amide bonds. The van der Waals surface area contributed by atoms with Crippen LogP contribution >= 0.6 is 11.3 Å². The first-order valence-electron chi connectivity index (χ1n) is 8.46. The van der Waals surface area contributed by atoms with E-state index in [4.69, 9.17) is 4.98 Å². The Bertz CT molecular complexity index is 489. The van der Waals surface area contributed by atoms with Crippen molar-refractivity contribution in [1.82, 2.24) is 10.3 Å². The summed E-state index contributed by atoms with van der Waals surface area (Å²) in [6, 6.07) is 0.769. The molecule has 1 aromatic heterocycles. The van der Waals surface area contributed by atoms with Crippen molar-refractivity contribution < 1.29 is 0 Å². The number of thiazole rings is 1. The van der Waals surface area contributed by atoms with Gasteiger partial charge in [0, 0.05) is 29.4 Å². The summed E-state index contributed by atoms with van der Waals surface area (Å²) in [7, 11) is 0. The first-order chi connectivity index (χ1) is 9.99. The molecule has 1 aliphatic carbocycles. The van der Waals surface area contributed by atoms with Crippen molar-refractivity contribution >= 4 is 16.5 Å². The summed E-state index contributed by atoms with van der Waals surface area (Å²) in [6.45, 7) is 12.4. The van der Waals surface area contributed by atoms with Gasteiger partial charge in [0.25, 0.3) is 0 Å². The Morgan fingerprint density at radius 1 is 1.33 bits per heavy atom. The zero-order valence-electron chi connectivity index (χ0n) is 13.9. The molecule has 2 fully saturated rings. The summed E-state index contributed by atoms with van der Waals surface area (Å²) in [5, 5.41) is 4.83. The number of hydrogen-bond donors (Lipinski definition) is 1. The topological polar surface area (TPSA) is 28.2 Å². The minimum atomic E-state index is 0.136. The smallest absolute Gasteiger partial charge is 0.186 e. The van der Waals surface area contributed by atoms with Gasteiger partial charge in [-0.05, 0) is 38.1 Å². The average molecular weight is 308 g/mol. The maximum absolute atomic E-state index is 5.07. The molecule has 0 radical (unpaired) electrons. The second-order valence-electron chi connectivity index (χ2n) is 7.68. The summed E-state index contributed by atoms with van der Waals surface area (Å²) >= 11 is 1.93. The van der Waals surface area contributed by atoms with E-state index in [-0.39, 0.29) is 5.41 Å². The molecule has 3 rings (SSSR count). The third-order valence-corrected chi connectivity index (χ3v) is 5.86. The van der Waals surface area contributed by atoms with Gasteiger partial charge in [-0.3, -0.25) is 0 Å². The van der Waals surface area contributed by atoms with Crippen molar-refractivity contribution in [1.29, 1.82) is 0 Å². The highest BCUT2D eigenvalue weighted by Crippen LogP contribution is 2.43. The molecule has 2 atom stereocenters. The number of fused-ring (bicyclic) bond motifs is 2. The van der Waals surface area contributed by atoms with E-state index >= 15 is 0 Å². The Morgan fingerprint density at radius 2 is 2.14 bits per heavy atom. The lowest BCUT2D eigenvalue weighted by atomic mass is 9.91. The van der Waals surface area contributed by atoms with Crippen molar-refractivity contribution in [3.8, 4) is 0 Å². The zero-order valence-corrected chi connectivity index (χ0v) is 14.7. The van der Waals surface area contributed by atoms with E-state index in [0.717, 1.165) is 25.0 Å². The summed E-state index contributed by atoms with van der Waals surface area (Å²) in [5.41, 5.74) is 1.44. The van der Waals surface area contributed by atoms with Gasteiger partial charge in [-0.2, -0.15) is 0 Å². The molecule has 1 aliphatic heterocycles. The lowest BCUT2D eigenvalue weighted by Crippen LogP contribution is -2.31. The zero-order chi connectivity index (χ0) is 15.0. The van der Waals surface area contributed by atoms with E-state index in [0.29, 0.717) is 0 Å². The molecule has 2 heterocycles. The molecular formula is C17H29N3S. The summed E-state index contributed by atoms with van der Waals surface area (Å²) < 4.78 is 0. The minimum Gasteiger partial charge on any atom is -0.345 e. The first-order valence-corrected chi connectivity index (χ1v) is 9.28. The van der Waals surface area contributed by atoms with Crippen LogP contribution in [0.4, 0.5) is 5.13 Å². The second kappa shape index (κ2) is 5.88. The van der Waals surface area contributed by atoms with Crippen molar-refractivity contribution in [3.63, 3.8) is 0 Å². The number of piperidine rings is 1. The lowest BCUT2D eigenvalue weighted by Gasteiger charge is -2.26. The normalized spacial score (nSPS) is 25.0. The molecule has 118 valence electrons. The van der Waals surface area contributed by atoms with Gasteiger partial charge < -0.3 is 10.2 Å². The number of anilines is 1. The van der Waals surface area contributed by atoms with Crippen molar-refractivity contribution in [2.75, 3.05) is 18.0 Å². The SMILES string of the molecule is CCCNCc1sc(N2CC3CCC2C3)nc1C(C)(C)C. The van der Waals surface area contributed by atoms with Crippen LogP contribution in [0.25, 0.3) is 0 Å². The molecule has 1 aromatic rings. The number of hydrogen-bond acceptors (Lipinski definition) is 4. The highest BCUT2D eigenvalue weighted by molar-refractivity contribution is 7.15. The van der Waals surface area contributed by atoms with E-state index in [2.05, 4.69) is 37.9 Å². The summed E-state index contributed by atoms with van der Waals surface area (Å²) in [5.74, 6) is 0.929. The molecule has 2 aliphatic rings. The van der Waals surface area contributed by atoms with Gasteiger partial charge in [-0.1, -0.05) is 27.7 Å². The van der Waals surface area contributed by atoms with Crippen LogP contribution in [0.15, 0.2) is 0 Å². The fourth-order valence-electron chi connectivity index (χ4n) is 3.71. The fourth-order valence-corrected chi connectivity index (χ4v) is 5.03. The van der Waals surface area contributed by atoms with Crippen LogP contribution < -0.4 is 10.2 Å². The Morgan fingerprint density at radius 3 is 2.71 bits per heavy atom. The average Bonchev–Trinajstić information content (AvgIpc) is 3.12. The molecule has 2 bridgehead atoms. The van der Waals surface area contributed by atoms with Crippen LogP contribution in [0.2, 0.25) is 0 Å². The monoisotopic (exact) mass is 307 g/mol. The molecule has 1 saturated carbocycles. The van der Waals surface area contributed by atoms with E-state index < -0.39 is 0 Å². The predicted octanol–water partition coefficient (Wildman–Crippen LogP) is 3.93. The first kappa shape index (κ1) is 15.3. The van der Waals surface area contributed by atoms with Gasteiger partial charge >= 0.3 is 0 Å². The van der Waals surface area contributed by atoms with Crippen LogP contribution in [0.5, 0.6) is 0 Å². The molecule has 21 heavy (non-hydrogen) atoms. The number of aromatic nitrogens is 1. The summed E-state index contributed by atoms with van der Waals surface area (Å²) in [4.78, 5) is 9.10. The Kier molecular flexibility index (Phi) is 4.28. The maximum atomic E-state index is 5.07. The van der Waals surface area contributed by atoms with Crippen LogP contribution in [-0.4, -0.2) is 24.1 Å². The van der Waals surface area contributed by atoms with Gasteiger partial charge in [-0.15, -0.1) is 11.3 Å². The number of nitrogens with one attached hydrogen (secondary N) is 1. The minimum absolute atomic E-state index is 0.136. The van der Waals surface area contributed by atoms with Gasteiger partial charge in [-0.25, -0.2) is 4.98 Å². The molecule has 2 unspecified atom stereocenters. The van der Waals surface area contributed by atoms with E-state index in [1.165, 1.54) is 47.9 Å². The van der Waals surface area contributed by atoms with Crippen molar-refractivity contribution in [2.45, 2.75) is 71.4 Å². The van der Waals surface area contributed by atoms with Crippen molar-refractivity contribution in [3.05, 3.63) is 10.6 Å². The van der Waals surface area contributed by atoms with E-state index in [9.17, 15) is 0 Å². The molecule has 0 aromatic carbocycles. The number of nitrogens with zero attached hydrogens (tertiary/aromatic N) is 2. The highest BCUT2D eigenvalue weighted by Gasteiger charge is 2.39. The second-order valence-corrected chi connectivity index (χ2v) is 8.74. The largest absolute Gasteiger partial charge is 0.345 e. The molecule has 3 nitrogen and oxygen atoms in total. The molecule has 4 heteroatoms. The third kappa shape index (κ3) is 3.11. The van der Waals surface area contributed by atoms with Gasteiger partial charge in [0.15, 0.2) is 5.13 Å². The Balaban J connectivity index is 1.81. The standard InChI is InChI=1S/C17H29N3S/c1-5-8-18-10-14-15(17(2,3)4)19-16(21-14)20-11-12-6-7-13(20)9-12/h12-13,18H,5-11H2,1-4H3. The van der Waals surface area contributed by atoms with Crippen molar-refractivity contribution in [2.24, 2.45) is 5.92 Å². The predicted molar refractivity (Wildman–Crippen MR) is 91.3 cm³/mol. The molecule has 1 N–H and O–H groups in total. The maximum Gasteiger partial charge on any atom is 0.186 e. The molecular weight excluding hydrogens is 278 g/mol. The fraction of sp³-hybridized carbons (Fsp3) is 0.824. The van der Waals surface area contributed by atoms with Crippen LogP contribution in [0.3, 0.4) is 0 Å². The van der Waals surface area contributed by atoms with E-state index in [1.54, 1.807) is 0 Å². The van der Waals surface area contributed by atoms with Gasteiger partial charge in [0.1, 0.15) is 0 Å². The molecule has 1 saturated heterocycles. The van der Waals surface area contributed by atoms with E-state index in [1.807, 2.05) is 11.3 Å². The highest BCUT2D eigenvalue weighted by atomic mass is 32.1. The number of rotatable bonds is 5. The van der Waals surface area contributed by atoms with Gasteiger partial charge in [0.05, 0.1) is 5.69 Å². The van der Waals surface area contributed by atoms with Crippen LogP contribution in [0, 0.1) is 5.92 Å². The summed E-state index contributed by atoms with van der Waals surface area (Å²) in [6.07, 6.45) is 5.39. The molecule has 0 spiro atoms. The lowest BCUT2D eigenvalue weighted by molar-refractivity contribution is 0.543. The third-order valence-electron chi connectivity index (χ3n) is 4.76. The van der Waals surface area contributed by atoms with Crippen LogP contribution in [0.1, 0.15) is 63.9 Å².